The van der Waals surface area contributed by atoms with E-state index in [0.29, 0.717) is 11.6 Å². The van der Waals surface area contributed by atoms with Crippen molar-refractivity contribution in [3.63, 3.8) is 0 Å². The van der Waals surface area contributed by atoms with Crippen LogP contribution < -0.4 is 4.90 Å². The zero-order chi connectivity index (χ0) is 14.6. The number of aromatic nitrogens is 1. The van der Waals surface area contributed by atoms with E-state index in [2.05, 4.69) is 30.7 Å². The highest BCUT2D eigenvalue weighted by atomic mass is 16.4. The highest BCUT2D eigenvalue weighted by Crippen LogP contribution is 2.22. The van der Waals surface area contributed by atoms with E-state index >= 15 is 0 Å². The van der Waals surface area contributed by atoms with Crippen LogP contribution in [0.5, 0.6) is 0 Å². The van der Waals surface area contributed by atoms with Crippen LogP contribution in [0.4, 0.5) is 5.82 Å². The maximum atomic E-state index is 11.2. The van der Waals surface area contributed by atoms with Crippen LogP contribution in [0.1, 0.15) is 63.0 Å². The van der Waals surface area contributed by atoms with Gasteiger partial charge in [-0.2, -0.15) is 0 Å². The molecular weight excluding hydrogens is 240 g/mol. The summed E-state index contributed by atoms with van der Waals surface area (Å²) in [5.74, 6) is 0.0832. The Morgan fingerprint density at radius 2 is 1.95 bits per heavy atom. The Balaban J connectivity index is 3.28. The fraction of sp³-hybridized carbons (Fsp3) is 0.600. The Kier molecular flexibility index (Phi) is 5.33. The molecule has 1 aromatic heterocycles. The summed E-state index contributed by atoms with van der Waals surface area (Å²) in [5.41, 5.74) is 1.15. The quantitative estimate of drug-likeness (QED) is 0.854. The molecule has 4 heteroatoms. The number of hydrogen-bond donors (Lipinski definition) is 1. The average molecular weight is 264 g/mol. The molecule has 106 valence electrons. The van der Waals surface area contributed by atoms with E-state index < -0.39 is 5.97 Å². The van der Waals surface area contributed by atoms with Gasteiger partial charge in [0.2, 0.25) is 0 Å². The maximum absolute atomic E-state index is 11.2. The lowest BCUT2D eigenvalue weighted by Crippen LogP contribution is -2.33. The fourth-order valence-electron chi connectivity index (χ4n) is 2.02. The van der Waals surface area contributed by atoms with Gasteiger partial charge in [-0.15, -0.1) is 0 Å². The topological polar surface area (TPSA) is 53.4 Å². The minimum atomic E-state index is -0.897. The van der Waals surface area contributed by atoms with Gasteiger partial charge in [0.1, 0.15) is 5.82 Å². The van der Waals surface area contributed by atoms with Crippen LogP contribution in [0.25, 0.3) is 0 Å². The van der Waals surface area contributed by atoms with Gasteiger partial charge in [0.25, 0.3) is 0 Å². The summed E-state index contributed by atoms with van der Waals surface area (Å²) < 4.78 is 0. The molecular formula is C15H24N2O2. The van der Waals surface area contributed by atoms with Gasteiger partial charge in [0.05, 0.1) is 5.56 Å². The molecule has 0 bridgehead atoms. The van der Waals surface area contributed by atoms with Crippen molar-refractivity contribution in [3.8, 4) is 0 Å². The van der Waals surface area contributed by atoms with Crippen LogP contribution in [0.15, 0.2) is 12.1 Å². The molecule has 0 aliphatic heterocycles. The average Bonchev–Trinajstić information content (AvgIpc) is 2.38. The van der Waals surface area contributed by atoms with Gasteiger partial charge in [-0.1, -0.05) is 20.8 Å². The molecule has 0 aliphatic carbocycles. The molecule has 1 aromatic rings. The second-order valence-electron chi connectivity index (χ2n) is 5.14. The van der Waals surface area contributed by atoms with Crippen molar-refractivity contribution >= 4 is 11.8 Å². The van der Waals surface area contributed by atoms with Gasteiger partial charge in [-0.3, -0.25) is 0 Å². The van der Waals surface area contributed by atoms with Crippen LogP contribution in [0.3, 0.4) is 0 Å². The third-order valence-electron chi connectivity index (χ3n) is 3.43. The minimum absolute atomic E-state index is 0.216. The van der Waals surface area contributed by atoms with Crippen molar-refractivity contribution < 1.29 is 9.90 Å². The van der Waals surface area contributed by atoms with Crippen LogP contribution >= 0.6 is 0 Å². The second-order valence-corrected chi connectivity index (χ2v) is 5.14. The normalized spacial score (nSPS) is 12.5. The summed E-state index contributed by atoms with van der Waals surface area (Å²) in [6.45, 7) is 11.2. The monoisotopic (exact) mass is 264 g/mol. The number of carboxylic acid groups (broad SMARTS) is 1. The smallest absolute Gasteiger partial charge is 0.335 e. The van der Waals surface area contributed by atoms with Gasteiger partial charge >= 0.3 is 5.97 Å². The van der Waals surface area contributed by atoms with Crippen LogP contribution in [-0.4, -0.2) is 28.6 Å². The molecule has 0 aromatic carbocycles. The Morgan fingerprint density at radius 3 is 2.37 bits per heavy atom. The number of nitrogens with zero attached hydrogens (tertiary/aromatic N) is 2. The molecule has 1 atom stereocenters. The van der Waals surface area contributed by atoms with Gasteiger partial charge in [-0.25, -0.2) is 9.78 Å². The summed E-state index contributed by atoms with van der Waals surface area (Å²) in [5, 5.41) is 9.22. The fourth-order valence-corrected chi connectivity index (χ4v) is 2.02. The van der Waals surface area contributed by atoms with Crippen LogP contribution in [0.2, 0.25) is 0 Å². The lowest BCUT2D eigenvalue weighted by Gasteiger charge is -2.29. The van der Waals surface area contributed by atoms with E-state index in [1.165, 1.54) is 0 Å². The highest BCUT2D eigenvalue weighted by Gasteiger charge is 2.17. The van der Waals surface area contributed by atoms with E-state index in [1.807, 2.05) is 13.8 Å². The highest BCUT2D eigenvalue weighted by molar-refractivity contribution is 5.88. The van der Waals surface area contributed by atoms with E-state index in [9.17, 15) is 9.90 Å². The molecule has 1 heterocycles. The largest absolute Gasteiger partial charge is 0.478 e. The Morgan fingerprint density at radius 1 is 1.32 bits per heavy atom. The van der Waals surface area contributed by atoms with Gasteiger partial charge in [-0.05, 0) is 38.3 Å². The number of pyridine rings is 1. The summed E-state index contributed by atoms with van der Waals surface area (Å²) in [4.78, 5) is 18.0. The molecule has 0 fully saturated rings. The number of hydrogen-bond acceptors (Lipinski definition) is 3. The lowest BCUT2D eigenvalue weighted by atomic mass is 10.1. The van der Waals surface area contributed by atoms with E-state index in [4.69, 9.17) is 0 Å². The van der Waals surface area contributed by atoms with Crippen LogP contribution in [-0.2, 0) is 0 Å². The third-order valence-corrected chi connectivity index (χ3v) is 3.43. The first kappa shape index (κ1) is 15.5. The molecule has 4 nitrogen and oxygen atoms in total. The van der Waals surface area contributed by atoms with E-state index in [-0.39, 0.29) is 5.92 Å². The first-order chi connectivity index (χ1) is 8.90. The molecule has 19 heavy (non-hydrogen) atoms. The molecule has 0 saturated carbocycles. The number of anilines is 1. The Hall–Kier alpha value is -1.58. The van der Waals surface area contributed by atoms with Crippen LogP contribution in [0, 0.1) is 0 Å². The van der Waals surface area contributed by atoms with E-state index in [1.54, 1.807) is 12.1 Å². The number of carboxylic acids is 1. The van der Waals surface area contributed by atoms with Crippen molar-refractivity contribution in [3.05, 3.63) is 23.4 Å². The Bertz CT molecular complexity index is 444. The SMILES string of the molecule is CCC(C)N(CC)c1cc(C(=O)O)cc(C(C)C)n1. The number of aromatic carboxylic acids is 1. The number of rotatable bonds is 6. The second kappa shape index (κ2) is 6.55. The van der Waals surface area contributed by atoms with Crippen molar-refractivity contribution in [2.75, 3.05) is 11.4 Å². The molecule has 0 aliphatic rings. The van der Waals surface area contributed by atoms with Crippen molar-refractivity contribution in [2.45, 2.75) is 53.0 Å². The lowest BCUT2D eigenvalue weighted by molar-refractivity contribution is 0.0696. The standard InChI is InChI=1S/C15H24N2O2/c1-6-11(5)17(7-2)14-9-12(15(18)19)8-13(16-14)10(3)4/h8-11H,6-7H2,1-5H3,(H,18,19). The summed E-state index contributed by atoms with van der Waals surface area (Å²) in [6.07, 6.45) is 1.00. The van der Waals surface area contributed by atoms with Crippen molar-refractivity contribution in [1.29, 1.82) is 0 Å². The number of carbonyl (C=O) groups is 1. The molecule has 1 N–H and O–H groups in total. The predicted octanol–water partition coefficient (Wildman–Crippen LogP) is 3.53. The van der Waals surface area contributed by atoms with E-state index in [0.717, 1.165) is 24.5 Å². The summed E-state index contributed by atoms with van der Waals surface area (Å²) >= 11 is 0. The molecule has 1 rings (SSSR count). The van der Waals surface area contributed by atoms with Crippen molar-refractivity contribution in [1.82, 2.24) is 4.98 Å². The zero-order valence-electron chi connectivity index (χ0n) is 12.5. The molecule has 0 amide bonds. The first-order valence-corrected chi connectivity index (χ1v) is 6.92. The van der Waals surface area contributed by atoms with Gasteiger partial charge < -0.3 is 10.0 Å². The molecule has 0 spiro atoms. The summed E-state index contributed by atoms with van der Waals surface area (Å²) in [6, 6.07) is 3.69. The minimum Gasteiger partial charge on any atom is -0.478 e. The van der Waals surface area contributed by atoms with Gasteiger partial charge in [0, 0.05) is 18.3 Å². The molecule has 0 radical (unpaired) electrons. The molecule has 1 unspecified atom stereocenters. The zero-order valence-corrected chi connectivity index (χ0v) is 12.5. The first-order valence-electron chi connectivity index (χ1n) is 6.92. The Labute approximate surface area is 115 Å². The maximum Gasteiger partial charge on any atom is 0.335 e. The third kappa shape index (κ3) is 3.69. The predicted molar refractivity (Wildman–Crippen MR) is 78.1 cm³/mol. The van der Waals surface area contributed by atoms with Gasteiger partial charge in [0.15, 0.2) is 0 Å². The van der Waals surface area contributed by atoms with Crippen molar-refractivity contribution in [2.24, 2.45) is 0 Å². The molecule has 0 saturated heterocycles. The summed E-state index contributed by atoms with van der Waals surface area (Å²) in [7, 11) is 0.